The number of carbonyl (C=O) groups excluding carboxylic acids is 1. The molecule has 1 aromatic rings. The van der Waals surface area contributed by atoms with Crippen molar-refractivity contribution in [2.45, 2.75) is 31.1 Å². The molecule has 0 N–H and O–H groups in total. The minimum atomic E-state index is -2.09. The maximum absolute atomic E-state index is 12.6. The van der Waals surface area contributed by atoms with E-state index >= 15 is 0 Å². The summed E-state index contributed by atoms with van der Waals surface area (Å²) in [7, 11) is 0. The molecule has 4 heteroatoms. The Labute approximate surface area is 118 Å². The van der Waals surface area contributed by atoms with Crippen molar-refractivity contribution in [1.82, 2.24) is 4.90 Å². The molecule has 0 bridgehead atoms. The van der Waals surface area contributed by atoms with Crippen molar-refractivity contribution in [3.05, 3.63) is 28.8 Å². The molecule has 0 aliphatic rings. The molecule has 1 aromatic carbocycles. The van der Waals surface area contributed by atoms with Gasteiger partial charge in [0.2, 0.25) is 0 Å². The van der Waals surface area contributed by atoms with Crippen molar-refractivity contribution < 1.29 is 4.79 Å². The molecule has 2 nitrogen and oxygen atoms in total. The average Bonchev–Trinajstić information content (AvgIpc) is 2.28. The van der Waals surface area contributed by atoms with E-state index < -0.39 is 13.3 Å². The Morgan fingerprint density at radius 3 is 2.22 bits per heavy atom. The van der Waals surface area contributed by atoms with E-state index in [2.05, 4.69) is 23.3 Å². The number of carbonyl (C=O) groups is 1. The first kappa shape index (κ1) is 15.6. The van der Waals surface area contributed by atoms with Gasteiger partial charge in [-0.3, -0.25) is 0 Å². The first-order valence-electron chi connectivity index (χ1n) is 6.41. The zero-order chi connectivity index (χ0) is 13.9. The summed E-state index contributed by atoms with van der Waals surface area (Å²) < 4.78 is 1.19. The van der Waals surface area contributed by atoms with Crippen molar-refractivity contribution >= 4 is 35.2 Å². The Hall–Kier alpha value is -0.477. The van der Waals surface area contributed by atoms with E-state index in [1.807, 2.05) is 30.9 Å². The molecule has 0 radical (unpaired) electrons. The summed E-state index contributed by atoms with van der Waals surface area (Å²) in [5, 5.41) is 0.588. The van der Waals surface area contributed by atoms with Crippen LogP contribution in [-0.4, -0.2) is 37.2 Å². The van der Waals surface area contributed by atoms with Gasteiger partial charge in [0.1, 0.15) is 0 Å². The number of hydrogen-bond acceptors (Lipinski definition) is 1. The molecule has 0 aromatic heterocycles. The van der Waals surface area contributed by atoms with Crippen molar-refractivity contribution in [3.8, 4) is 0 Å². The molecule has 100 valence electrons. The van der Waals surface area contributed by atoms with Crippen LogP contribution in [-0.2, 0) is 0 Å². The fourth-order valence-corrected chi connectivity index (χ4v) is 5.79. The van der Waals surface area contributed by atoms with E-state index in [9.17, 15) is 4.79 Å². The van der Waals surface area contributed by atoms with E-state index in [0.717, 1.165) is 18.7 Å². The normalized spacial score (nSPS) is 11.4. The molecule has 1 rings (SSSR count). The van der Waals surface area contributed by atoms with Gasteiger partial charge in [-0.05, 0) is 0 Å². The summed E-state index contributed by atoms with van der Waals surface area (Å²) in [6, 6.07) is 5.84. The summed E-state index contributed by atoms with van der Waals surface area (Å²) in [5.74, 6) is 6.92. The van der Waals surface area contributed by atoms with Crippen LogP contribution in [0.2, 0.25) is 22.3 Å². The first-order chi connectivity index (χ1) is 8.32. The van der Waals surface area contributed by atoms with Crippen LogP contribution in [0.4, 0.5) is 0 Å². The second-order valence-corrected chi connectivity index (χ2v) is 16.4. The predicted octanol–water partition coefficient (Wildman–Crippen LogP) is 3.37. The summed E-state index contributed by atoms with van der Waals surface area (Å²) in [6.45, 7) is 5.43. The van der Waals surface area contributed by atoms with Crippen LogP contribution in [0.1, 0.15) is 24.2 Å². The van der Waals surface area contributed by atoms with E-state index in [1.54, 1.807) is 0 Å². The van der Waals surface area contributed by atoms with Gasteiger partial charge < -0.3 is 0 Å². The molecule has 0 spiro atoms. The third-order valence-corrected chi connectivity index (χ3v) is 7.67. The van der Waals surface area contributed by atoms with Crippen molar-refractivity contribution in [3.63, 3.8) is 0 Å². The second kappa shape index (κ2) is 6.11. The standard InChI is InChI=1S/C14H22ClGeNO/c1-6-17(7-2)14(18)13-11(15)9-8-10-12(13)16(3,4)5/h8-10H,6-7H2,1-5H3. The fourth-order valence-electron chi connectivity index (χ4n) is 2.04. The summed E-state index contributed by atoms with van der Waals surface area (Å²) >= 11 is 4.18. The SMILES string of the molecule is CCN(CC)C(=O)c1c(Cl)ccc[c]1[Ge]([CH3])([CH3])[CH3]. The molecule has 1 amide bonds. The molecular weight excluding hydrogens is 306 g/mol. The molecule has 0 heterocycles. The Morgan fingerprint density at radius 2 is 1.78 bits per heavy atom. The fraction of sp³-hybridized carbons (Fsp3) is 0.500. The van der Waals surface area contributed by atoms with Crippen LogP contribution in [0.5, 0.6) is 0 Å². The molecule has 18 heavy (non-hydrogen) atoms. The number of halogens is 1. The second-order valence-electron chi connectivity index (χ2n) is 5.39. The monoisotopic (exact) mass is 329 g/mol. The van der Waals surface area contributed by atoms with E-state index in [4.69, 9.17) is 11.6 Å². The van der Waals surface area contributed by atoms with Gasteiger partial charge in [0.05, 0.1) is 0 Å². The Bertz CT molecular complexity index is 436. The Kier molecular flexibility index (Phi) is 5.29. The Balaban J connectivity index is 3.35. The van der Waals surface area contributed by atoms with Crippen molar-refractivity contribution in [2.24, 2.45) is 0 Å². The number of benzene rings is 1. The minimum absolute atomic E-state index is 0.0705. The average molecular weight is 328 g/mol. The first-order valence-corrected chi connectivity index (χ1v) is 14.1. The van der Waals surface area contributed by atoms with Gasteiger partial charge >= 0.3 is 118 Å². The number of nitrogens with zero attached hydrogens (tertiary/aromatic N) is 1. The van der Waals surface area contributed by atoms with Gasteiger partial charge in [-0.1, -0.05) is 0 Å². The Morgan fingerprint density at radius 1 is 1.22 bits per heavy atom. The maximum atomic E-state index is 12.6. The van der Waals surface area contributed by atoms with Crippen molar-refractivity contribution in [2.75, 3.05) is 13.1 Å². The van der Waals surface area contributed by atoms with Gasteiger partial charge in [-0.25, -0.2) is 0 Å². The van der Waals surface area contributed by atoms with Crippen LogP contribution < -0.4 is 4.40 Å². The molecule has 0 aliphatic carbocycles. The molecule has 0 fully saturated rings. The van der Waals surface area contributed by atoms with Gasteiger partial charge in [0, 0.05) is 0 Å². The third-order valence-electron chi connectivity index (χ3n) is 3.09. The van der Waals surface area contributed by atoms with Crippen LogP contribution in [0.15, 0.2) is 18.2 Å². The summed E-state index contributed by atoms with van der Waals surface area (Å²) in [6.07, 6.45) is 0. The quantitative estimate of drug-likeness (QED) is 0.776. The van der Waals surface area contributed by atoms with Crippen LogP contribution in [0.25, 0.3) is 0 Å². The van der Waals surface area contributed by atoms with Gasteiger partial charge in [-0.2, -0.15) is 0 Å². The molecular formula is C14H22ClGeNO. The number of rotatable bonds is 4. The van der Waals surface area contributed by atoms with E-state index in [1.165, 1.54) is 4.40 Å². The zero-order valence-electron chi connectivity index (χ0n) is 11.9. The van der Waals surface area contributed by atoms with Gasteiger partial charge in [0.25, 0.3) is 0 Å². The summed E-state index contributed by atoms with van der Waals surface area (Å²) in [4.78, 5) is 14.4. The van der Waals surface area contributed by atoms with Gasteiger partial charge in [-0.15, -0.1) is 0 Å². The molecule has 0 aliphatic heterocycles. The molecule has 0 saturated carbocycles. The van der Waals surface area contributed by atoms with Gasteiger partial charge in [0.15, 0.2) is 0 Å². The summed E-state index contributed by atoms with van der Waals surface area (Å²) in [5.41, 5.74) is 0.732. The van der Waals surface area contributed by atoms with E-state index in [-0.39, 0.29) is 5.91 Å². The molecule has 0 saturated heterocycles. The van der Waals surface area contributed by atoms with E-state index in [0.29, 0.717) is 5.02 Å². The molecule has 0 atom stereocenters. The van der Waals surface area contributed by atoms with Crippen LogP contribution in [0, 0.1) is 0 Å². The number of amides is 1. The van der Waals surface area contributed by atoms with Crippen LogP contribution >= 0.6 is 11.6 Å². The predicted molar refractivity (Wildman–Crippen MR) is 81.7 cm³/mol. The zero-order valence-corrected chi connectivity index (χ0v) is 14.7. The van der Waals surface area contributed by atoms with Crippen LogP contribution in [0.3, 0.4) is 0 Å². The molecule has 0 unspecified atom stereocenters. The third kappa shape index (κ3) is 3.29. The topological polar surface area (TPSA) is 20.3 Å². The van der Waals surface area contributed by atoms with Crippen molar-refractivity contribution in [1.29, 1.82) is 0 Å². The number of hydrogen-bond donors (Lipinski definition) is 0.